The number of rotatable bonds is 6. The van der Waals surface area contributed by atoms with Crippen molar-refractivity contribution in [1.82, 2.24) is 18.7 Å². The molecule has 0 bridgehead atoms. The Morgan fingerprint density at radius 1 is 1.06 bits per heavy atom. The first-order chi connectivity index (χ1) is 17.0. The monoisotopic (exact) mass is 469 g/mol. The molecule has 5 aromatic rings. The summed E-state index contributed by atoms with van der Waals surface area (Å²) in [5.41, 5.74) is -0.192. The second-order valence-corrected chi connectivity index (χ2v) is 7.72. The first-order valence-corrected chi connectivity index (χ1v) is 10.5. The Morgan fingerprint density at radius 3 is 2.46 bits per heavy atom. The topological polar surface area (TPSA) is 116 Å². The average Bonchev–Trinajstić information content (AvgIpc) is 3.53. The second-order valence-electron chi connectivity index (χ2n) is 7.72. The number of carbonyl (C=O) groups excluding carboxylic acids is 1. The number of Topliss-reactive ketones (excluding diaryl/α,β-unsaturated/α-hetero) is 1. The summed E-state index contributed by atoms with van der Waals surface area (Å²) in [4.78, 5) is 44.0. The Bertz CT molecular complexity index is 1700. The summed E-state index contributed by atoms with van der Waals surface area (Å²) in [7, 11) is 0. The molecule has 35 heavy (non-hydrogen) atoms. The smallest absolute Gasteiger partial charge is 0.337 e. The van der Waals surface area contributed by atoms with Crippen molar-refractivity contribution in [2.45, 2.75) is 13.1 Å². The standard InChI is InChI=1S/C25H16FN5O4/c26-18-7-9-19(10-8-18)31-23-22(24(33)30(25(31)34)13-20-2-1-11-35-20)29(15-28-23)14-21(32)17-5-3-16(12-27)4-6-17/h1-11,15H,13-14H2. The highest BCUT2D eigenvalue weighted by Crippen LogP contribution is 2.15. The lowest BCUT2D eigenvalue weighted by Crippen LogP contribution is -2.40. The lowest BCUT2D eigenvalue weighted by atomic mass is 10.1. The van der Waals surface area contributed by atoms with Gasteiger partial charge in [0.05, 0.1) is 43.0 Å². The molecular formula is C25H16FN5O4. The number of ketones is 1. The van der Waals surface area contributed by atoms with Gasteiger partial charge >= 0.3 is 5.69 Å². The minimum Gasteiger partial charge on any atom is -0.467 e. The van der Waals surface area contributed by atoms with Gasteiger partial charge in [0.25, 0.3) is 5.56 Å². The van der Waals surface area contributed by atoms with Crippen LogP contribution in [0.25, 0.3) is 16.9 Å². The summed E-state index contributed by atoms with van der Waals surface area (Å²) in [5, 5.41) is 8.96. The fourth-order valence-corrected chi connectivity index (χ4v) is 3.80. The fourth-order valence-electron chi connectivity index (χ4n) is 3.80. The molecule has 10 heteroatoms. The van der Waals surface area contributed by atoms with Crippen LogP contribution in [0.2, 0.25) is 0 Å². The maximum atomic E-state index is 13.5. The van der Waals surface area contributed by atoms with Gasteiger partial charge in [0.15, 0.2) is 16.9 Å². The van der Waals surface area contributed by atoms with Gasteiger partial charge in [-0.2, -0.15) is 5.26 Å². The predicted octanol–water partition coefficient (Wildman–Crippen LogP) is 2.88. The third-order valence-electron chi connectivity index (χ3n) is 5.53. The van der Waals surface area contributed by atoms with Crippen LogP contribution in [0.1, 0.15) is 21.7 Å². The highest BCUT2D eigenvalue weighted by Gasteiger charge is 2.21. The van der Waals surface area contributed by atoms with Gasteiger partial charge in [-0.25, -0.2) is 18.7 Å². The van der Waals surface area contributed by atoms with Crippen LogP contribution < -0.4 is 11.2 Å². The van der Waals surface area contributed by atoms with Gasteiger partial charge in [-0.1, -0.05) is 12.1 Å². The molecule has 0 atom stereocenters. The lowest BCUT2D eigenvalue weighted by Gasteiger charge is -2.12. The zero-order valence-corrected chi connectivity index (χ0v) is 18.1. The minimum absolute atomic E-state index is 0.0301. The maximum Gasteiger partial charge on any atom is 0.337 e. The van der Waals surface area contributed by atoms with E-state index in [2.05, 4.69) is 4.98 Å². The van der Waals surface area contributed by atoms with Crippen LogP contribution in [0.3, 0.4) is 0 Å². The zero-order valence-electron chi connectivity index (χ0n) is 18.1. The molecule has 172 valence electrons. The number of benzene rings is 2. The molecule has 9 nitrogen and oxygen atoms in total. The molecule has 5 rings (SSSR count). The van der Waals surface area contributed by atoms with E-state index in [4.69, 9.17) is 9.68 Å². The highest BCUT2D eigenvalue weighted by molar-refractivity contribution is 5.96. The summed E-state index contributed by atoms with van der Waals surface area (Å²) in [6.07, 6.45) is 2.74. The number of hydrogen-bond donors (Lipinski definition) is 0. The Morgan fingerprint density at radius 2 is 1.80 bits per heavy atom. The molecule has 0 unspecified atom stereocenters. The normalized spacial score (nSPS) is 11.0. The SMILES string of the molecule is N#Cc1ccc(C(=O)Cn2cnc3c2c(=O)n(Cc2ccco2)c(=O)n3-c2ccc(F)cc2)cc1. The lowest BCUT2D eigenvalue weighted by molar-refractivity contribution is 0.0973. The molecule has 0 N–H and O–H groups in total. The molecule has 0 amide bonds. The Hall–Kier alpha value is -5.04. The van der Waals surface area contributed by atoms with Gasteiger partial charge in [0.2, 0.25) is 0 Å². The molecule has 0 aliphatic carbocycles. The molecule has 0 spiro atoms. The molecule has 0 fully saturated rings. The van der Waals surface area contributed by atoms with E-state index in [1.54, 1.807) is 12.1 Å². The average molecular weight is 469 g/mol. The van der Waals surface area contributed by atoms with E-state index in [0.29, 0.717) is 22.6 Å². The van der Waals surface area contributed by atoms with Crippen LogP contribution in [0, 0.1) is 17.1 Å². The van der Waals surface area contributed by atoms with Crippen molar-refractivity contribution in [1.29, 1.82) is 5.26 Å². The molecule has 3 heterocycles. The van der Waals surface area contributed by atoms with Crippen LogP contribution in [0.5, 0.6) is 0 Å². The van der Waals surface area contributed by atoms with Crippen molar-refractivity contribution in [3.8, 4) is 11.8 Å². The van der Waals surface area contributed by atoms with E-state index in [1.807, 2.05) is 6.07 Å². The van der Waals surface area contributed by atoms with E-state index in [1.165, 1.54) is 70.3 Å². The number of halogens is 1. The number of aromatic nitrogens is 4. The summed E-state index contributed by atoms with van der Waals surface area (Å²) in [6, 6.07) is 16.6. The molecule has 3 aromatic heterocycles. The van der Waals surface area contributed by atoms with Gasteiger partial charge in [-0.05, 0) is 48.5 Å². The van der Waals surface area contributed by atoms with Gasteiger partial charge in [0, 0.05) is 5.56 Å². The van der Waals surface area contributed by atoms with Crippen LogP contribution in [0.4, 0.5) is 4.39 Å². The number of furan rings is 1. The van der Waals surface area contributed by atoms with Crippen molar-refractivity contribution >= 4 is 16.9 Å². The van der Waals surface area contributed by atoms with Gasteiger partial charge < -0.3 is 8.98 Å². The fraction of sp³-hybridized carbons (Fsp3) is 0.0800. The Labute approximate surface area is 196 Å². The van der Waals surface area contributed by atoms with Crippen LogP contribution in [-0.2, 0) is 13.1 Å². The Balaban J connectivity index is 1.67. The van der Waals surface area contributed by atoms with Gasteiger partial charge in [0.1, 0.15) is 11.6 Å². The second kappa shape index (κ2) is 8.72. The third-order valence-corrected chi connectivity index (χ3v) is 5.53. The molecule has 0 aliphatic rings. The van der Waals surface area contributed by atoms with Crippen molar-refractivity contribution in [3.05, 3.63) is 117 Å². The number of nitriles is 1. The summed E-state index contributed by atoms with van der Waals surface area (Å²) < 4.78 is 22.4. The number of fused-ring (bicyclic) bond motifs is 1. The molecule has 0 saturated carbocycles. The van der Waals surface area contributed by atoms with Crippen molar-refractivity contribution < 1.29 is 13.6 Å². The molecule has 0 saturated heterocycles. The van der Waals surface area contributed by atoms with Crippen molar-refractivity contribution in [2.75, 3.05) is 0 Å². The van der Waals surface area contributed by atoms with E-state index in [9.17, 15) is 18.8 Å². The largest absolute Gasteiger partial charge is 0.467 e. The van der Waals surface area contributed by atoms with E-state index in [0.717, 1.165) is 4.57 Å². The third kappa shape index (κ3) is 3.95. The number of nitrogens with zero attached hydrogens (tertiary/aromatic N) is 5. The number of carbonyl (C=O) groups is 1. The number of hydrogen-bond acceptors (Lipinski definition) is 6. The summed E-state index contributed by atoms with van der Waals surface area (Å²) >= 11 is 0. The summed E-state index contributed by atoms with van der Waals surface area (Å²) in [5.74, 6) is -0.417. The molecule has 0 aliphatic heterocycles. The Kier molecular flexibility index (Phi) is 5.43. The zero-order chi connectivity index (χ0) is 24.5. The molecule has 2 aromatic carbocycles. The first-order valence-electron chi connectivity index (χ1n) is 10.5. The van der Waals surface area contributed by atoms with Crippen molar-refractivity contribution in [2.24, 2.45) is 0 Å². The maximum absolute atomic E-state index is 13.5. The molecular weight excluding hydrogens is 453 g/mol. The van der Waals surface area contributed by atoms with Crippen LogP contribution in [0.15, 0.2) is 87.3 Å². The van der Waals surface area contributed by atoms with E-state index < -0.39 is 17.1 Å². The van der Waals surface area contributed by atoms with Crippen molar-refractivity contribution in [3.63, 3.8) is 0 Å². The summed E-state index contributed by atoms with van der Waals surface area (Å²) in [6.45, 7) is -0.365. The first kappa shape index (κ1) is 21.8. The molecule has 0 radical (unpaired) electrons. The van der Waals surface area contributed by atoms with Crippen LogP contribution in [-0.4, -0.2) is 24.5 Å². The van der Waals surface area contributed by atoms with E-state index in [-0.39, 0.29) is 30.0 Å². The predicted molar refractivity (Wildman–Crippen MR) is 123 cm³/mol. The quantitative estimate of drug-likeness (QED) is 0.353. The van der Waals surface area contributed by atoms with Crippen LogP contribution >= 0.6 is 0 Å². The van der Waals surface area contributed by atoms with E-state index >= 15 is 0 Å². The minimum atomic E-state index is -0.686. The number of imidazole rings is 1. The highest BCUT2D eigenvalue weighted by atomic mass is 19.1. The van der Waals surface area contributed by atoms with Gasteiger partial charge in [-0.15, -0.1) is 0 Å². The van der Waals surface area contributed by atoms with Gasteiger partial charge in [-0.3, -0.25) is 14.2 Å².